The fourth-order valence-electron chi connectivity index (χ4n) is 2.18. The van der Waals surface area contributed by atoms with Crippen LogP contribution in [0.15, 0.2) is 59.3 Å². The predicted molar refractivity (Wildman–Crippen MR) is 78.9 cm³/mol. The van der Waals surface area contributed by atoms with Crippen molar-refractivity contribution in [3.05, 3.63) is 59.9 Å². The minimum Gasteiger partial charge on any atom is -0.461 e. The third-order valence-electron chi connectivity index (χ3n) is 3.13. The van der Waals surface area contributed by atoms with Gasteiger partial charge in [-0.05, 0) is 24.3 Å². The van der Waals surface area contributed by atoms with Crippen molar-refractivity contribution in [3.63, 3.8) is 0 Å². The molecule has 0 aliphatic carbocycles. The first-order valence-electron chi connectivity index (χ1n) is 6.33. The zero-order valence-electron chi connectivity index (χ0n) is 10.8. The molecule has 0 spiro atoms. The molecule has 0 amide bonds. The van der Waals surface area contributed by atoms with Crippen LogP contribution in [0.25, 0.3) is 28.6 Å². The molecule has 6 heteroatoms. The van der Waals surface area contributed by atoms with Gasteiger partial charge in [0.25, 0.3) is 5.78 Å². The van der Waals surface area contributed by atoms with Gasteiger partial charge >= 0.3 is 0 Å². The lowest BCUT2D eigenvalue weighted by molar-refractivity contribution is 0.577. The fourth-order valence-corrected chi connectivity index (χ4v) is 2.41. The minimum absolute atomic E-state index is 0.493. The third-order valence-corrected chi connectivity index (χ3v) is 3.46. The molecule has 0 saturated carbocycles. The van der Waals surface area contributed by atoms with Gasteiger partial charge in [-0.3, -0.25) is 0 Å². The normalized spacial score (nSPS) is 11.1. The van der Waals surface area contributed by atoms with E-state index >= 15 is 0 Å². The molecular formula is C15H9ClN4O. The van der Waals surface area contributed by atoms with Crippen LogP contribution in [0.1, 0.15) is 0 Å². The average Bonchev–Trinajstić information content (AvgIpc) is 3.16. The molecule has 4 rings (SSSR count). The van der Waals surface area contributed by atoms with Crippen LogP contribution in [-0.4, -0.2) is 19.6 Å². The Hall–Kier alpha value is -2.66. The van der Waals surface area contributed by atoms with E-state index in [-0.39, 0.29) is 0 Å². The third kappa shape index (κ3) is 1.98. The summed E-state index contributed by atoms with van der Waals surface area (Å²) in [5, 5.41) is 5.12. The number of nitrogens with zero attached hydrogens (tertiary/aromatic N) is 4. The van der Waals surface area contributed by atoms with Gasteiger partial charge in [0.2, 0.25) is 5.82 Å². The summed E-state index contributed by atoms with van der Waals surface area (Å²) in [6, 6.07) is 13.1. The van der Waals surface area contributed by atoms with Gasteiger partial charge in [0, 0.05) is 16.8 Å². The Kier molecular flexibility index (Phi) is 2.72. The summed E-state index contributed by atoms with van der Waals surface area (Å²) < 4.78 is 6.99. The number of rotatable bonds is 2. The molecule has 0 fully saturated rings. The average molecular weight is 297 g/mol. The first-order chi connectivity index (χ1) is 10.3. The van der Waals surface area contributed by atoms with E-state index in [4.69, 9.17) is 16.0 Å². The molecule has 0 aliphatic heterocycles. The van der Waals surface area contributed by atoms with Gasteiger partial charge in [0.1, 0.15) is 0 Å². The number of fused-ring (bicyclic) bond motifs is 1. The van der Waals surface area contributed by atoms with Crippen molar-refractivity contribution in [1.82, 2.24) is 19.6 Å². The van der Waals surface area contributed by atoms with Crippen LogP contribution in [-0.2, 0) is 0 Å². The number of furan rings is 1. The predicted octanol–water partition coefficient (Wildman–Crippen LogP) is 3.70. The maximum atomic E-state index is 6.27. The number of aromatic nitrogens is 4. The molecule has 4 aromatic rings. The molecule has 0 aliphatic rings. The molecule has 0 bridgehead atoms. The van der Waals surface area contributed by atoms with Crippen LogP contribution in [0.4, 0.5) is 0 Å². The molecule has 3 aromatic heterocycles. The second-order valence-electron chi connectivity index (χ2n) is 4.43. The first-order valence-corrected chi connectivity index (χ1v) is 6.71. The first kappa shape index (κ1) is 12.1. The minimum atomic E-state index is 0.493. The Morgan fingerprint density at radius 3 is 2.76 bits per heavy atom. The van der Waals surface area contributed by atoms with Crippen LogP contribution >= 0.6 is 11.6 Å². The van der Waals surface area contributed by atoms with Crippen LogP contribution in [0, 0.1) is 0 Å². The van der Waals surface area contributed by atoms with Gasteiger partial charge < -0.3 is 4.42 Å². The Balaban J connectivity index is 1.97. The van der Waals surface area contributed by atoms with E-state index in [0.29, 0.717) is 22.4 Å². The summed E-state index contributed by atoms with van der Waals surface area (Å²) in [5.41, 5.74) is 1.71. The molecule has 5 nitrogen and oxygen atoms in total. The van der Waals surface area contributed by atoms with Crippen LogP contribution in [0.3, 0.4) is 0 Å². The van der Waals surface area contributed by atoms with Gasteiger partial charge in [0.05, 0.1) is 12.0 Å². The highest BCUT2D eigenvalue weighted by molar-refractivity contribution is 6.33. The highest BCUT2D eigenvalue weighted by Crippen LogP contribution is 2.27. The largest absolute Gasteiger partial charge is 0.461 e. The standard InChI is InChI=1S/C15H9ClN4O/c16-11-5-2-1-4-10(11)12-7-8-17-15-18-14(19-20(12)15)13-6-3-9-21-13/h1-9H. The monoisotopic (exact) mass is 296 g/mol. The molecule has 0 N–H and O–H groups in total. The van der Waals surface area contributed by atoms with Crippen molar-refractivity contribution < 1.29 is 4.42 Å². The van der Waals surface area contributed by atoms with E-state index in [2.05, 4.69) is 15.1 Å². The lowest BCUT2D eigenvalue weighted by Crippen LogP contribution is -1.96. The van der Waals surface area contributed by atoms with Gasteiger partial charge in [-0.1, -0.05) is 29.8 Å². The smallest absolute Gasteiger partial charge is 0.253 e. The van der Waals surface area contributed by atoms with E-state index in [0.717, 1.165) is 11.3 Å². The summed E-state index contributed by atoms with van der Waals surface area (Å²) in [7, 11) is 0. The van der Waals surface area contributed by atoms with Crippen LogP contribution in [0.2, 0.25) is 5.02 Å². The Labute approximate surface area is 124 Å². The lowest BCUT2D eigenvalue weighted by atomic mass is 10.1. The molecule has 21 heavy (non-hydrogen) atoms. The van der Waals surface area contributed by atoms with Crippen molar-refractivity contribution in [2.75, 3.05) is 0 Å². The molecule has 3 heterocycles. The summed E-state index contributed by atoms with van der Waals surface area (Å²) in [6.07, 6.45) is 3.28. The zero-order chi connectivity index (χ0) is 14.2. The molecule has 0 saturated heterocycles. The number of hydrogen-bond acceptors (Lipinski definition) is 4. The van der Waals surface area contributed by atoms with Crippen LogP contribution < -0.4 is 0 Å². The van der Waals surface area contributed by atoms with E-state index in [1.54, 1.807) is 23.0 Å². The van der Waals surface area contributed by atoms with E-state index in [9.17, 15) is 0 Å². The van der Waals surface area contributed by atoms with Gasteiger partial charge in [0.15, 0.2) is 5.76 Å². The van der Waals surface area contributed by atoms with Crippen molar-refractivity contribution in [1.29, 1.82) is 0 Å². The van der Waals surface area contributed by atoms with E-state index < -0.39 is 0 Å². The van der Waals surface area contributed by atoms with E-state index in [1.165, 1.54) is 0 Å². The number of halogens is 1. The molecule has 102 valence electrons. The fraction of sp³-hybridized carbons (Fsp3) is 0. The van der Waals surface area contributed by atoms with Crippen molar-refractivity contribution in [2.45, 2.75) is 0 Å². The summed E-state index contributed by atoms with van der Waals surface area (Å²) in [4.78, 5) is 8.61. The highest BCUT2D eigenvalue weighted by Gasteiger charge is 2.14. The summed E-state index contributed by atoms with van der Waals surface area (Å²) in [5.74, 6) is 1.59. The van der Waals surface area contributed by atoms with Crippen molar-refractivity contribution in [3.8, 4) is 22.8 Å². The Bertz CT molecular complexity index is 914. The molecule has 0 radical (unpaired) electrons. The molecule has 0 atom stereocenters. The van der Waals surface area contributed by atoms with Gasteiger partial charge in [-0.15, -0.1) is 5.10 Å². The molecular weight excluding hydrogens is 288 g/mol. The molecule has 0 unspecified atom stereocenters. The Morgan fingerprint density at radius 1 is 1.05 bits per heavy atom. The SMILES string of the molecule is Clc1ccccc1-c1ccnc2nc(-c3ccco3)nn12. The number of benzene rings is 1. The molecule has 1 aromatic carbocycles. The second kappa shape index (κ2) is 4.71. The zero-order valence-corrected chi connectivity index (χ0v) is 11.5. The maximum absolute atomic E-state index is 6.27. The maximum Gasteiger partial charge on any atom is 0.253 e. The van der Waals surface area contributed by atoms with Crippen molar-refractivity contribution in [2.24, 2.45) is 0 Å². The number of hydrogen-bond donors (Lipinski definition) is 0. The highest BCUT2D eigenvalue weighted by atomic mass is 35.5. The quantitative estimate of drug-likeness (QED) is 0.566. The van der Waals surface area contributed by atoms with Gasteiger partial charge in [-0.2, -0.15) is 9.50 Å². The Morgan fingerprint density at radius 2 is 1.95 bits per heavy atom. The van der Waals surface area contributed by atoms with Crippen molar-refractivity contribution >= 4 is 17.4 Å². The van der Waals surface area contributed by atoms with Crippen LogP contribution in [0.5, 0.6) is 0 Å². The topological polar surface area (TPSA) is 56.2 Å². The summed E-state index contributed by atoms with van der Waals surface area (Å²) >= 11 is 6.27. The van der Waals surface area contributed by atoms with Gasteiger partial charge in [-0.25, -0.2) is 4.98 Å². The lowest BCUT2D eigenvalue weighted by Gasteiger charge is -2.05. The summed E-state index contributed by atoms with van der Waals surface area (Å²) in [6.45, 7) is 0. The van der Waals surface area contributed by atoms with E-state index in [1.807, 2.05) is 36.4 Å². The second-order valence-corrected chi connectivity index (χ2v) is 4.84.